The van der Waals surface area contributed by atoms with E-state index in [1.807, 2.05) is 22.5 Å². The molecule has 0 aliphatic carbocycles. The first-order chi connectivity index (χ1) is 7.33. The molecule has 0 saturated carbocycles. The summed E-state index contributed by atoms with van der Waals surface area (Å²) < 4.78 is 1.94. The van der Waals surface area contributed by atoms with Gasteiger partial charge in [0.1, 0.15) is 5.01 Å². The summed E-state index contributed by atoms with van der Waals surface area (Å²) in [5, 5.41) is 7.26. The van der Waals surface area contributed by atoms with Crippen molar-refractivity contribution >= 4 is 11.3 Å². The molecule has 0 aromatic carbocycles. The van der Waals surface area contributed by atoms with Crippen LogP contribution in [0.2, 0.25) is 0 Å². The SMILES string of the molecule is CCCn1cc(-c2nc(CN)cs2)cn1. The van der Waals surface area contributed by atoms with E-state index < -0.39 is 0 Å². The predicted octanol–water partition coefficient (Wildman–Crippen LogP) is 1.88. The minimum atomic E-state index is 0.500. The lowest BCUT2D eigenvalue weighted by Crippen LogP contribution is -1.96. The van der Waals surface area contributed by atoms with Crippen molar-refractivity contribution in [1.82, 2.24) is 14.8 Å². The summed E-state index contributed by atoms with van der Waals surface area (Å²) in [5.74, 6) is 0. The van der Waals surface area contributed by atoms with Crippen molar-refractivity contribution in [1.29, 1.82) is 0 Å². The topological polar surface area (TPSA) is 56.7 Å². The van der Waals surface area contributed by atoms with Crippen molar-refractivity contribution in [3.63, 3.8) is 0 Å². The van der Waals surface area contributed by atoms with Crippen molar-refractivity contribution in [2.75, 3.05) is 0 Å². The van der Waals surface area contributed by atoms with Crippen LogP contribution < -0.4 is 5.73 Å². The fourth-order valence-corrected chi connectivity index (χ4v) is 2.17. The Hall–Kier alpha value is -1.20. The van der Waals surface area contributed by atoms with Crippen molar-refractivity contribution < 1.29 is 0 Å². The average molecular weight is 222 g/mol. The second-order valence-electron chi connectivity index (χ2n) is 3.34. The zero-order chi connectivity index (χ0) is 10.7. The molecular formula is C10H14N4S. The van der Waals surface area contributed by atoms with Crippen molar-refractivity contribution in [2.45, 2.75) is 26.4 Å². The molecule has 0 saturated heterocycles. The van der Waals surface area contributed by atoms with Crippen molar-refractivity contribution in [2.24, 2.45) is 5.73 Å². The van der Waals surface area contributed by atoms with Crippen LogP contribution in [0.3, 0.4) is 0 Å². The van der Waals surface area contributed by atoms with E-state index in [9.17, 15) is 0 Å². The van der Waals surface area contributed by atoms with Gasteiger partial charge < -0.3 is 5.73 Å². The first kappa shape index (κ1) is 10.3. The molecule has 80 valence electrons. The first-order valence-corrected chi connectivity index (χ1v) is 5.88. The largest absolute Gasteiger partial charge is 0.325 e. The monoisotopic (exact) mass is 222 g/mol. The maximum atomic E-state index is 5.52. The quantitative estimate of drug-likeness (QED) is 0.859. The maximum absolute atomic E-state index is 5.52. The average Bonchev–Trinajstić information content (AvgIpc) is 2.85. The van der Waals surface area contributed by atoms with Crippen LogP contribution in [0, 0.1) is 0 Å². The van der Waals surface area contributed by atoms with E-state index in [-0.39, 0.29) is 0 Å². The van der Waals surface area contributed by atoms with E-state index in [0.29, 0.717) is 6.54 Å². The molecule has 5 heteroatoms. The van der Waals surface area contributed by atoms with Gasteiger partial charge in [-0.05, 0) is 6.42 Å². The molecule has 4 nitrogen and oxygen atoms in total. The Labute approximate surface area is 92.8 Å². The molecule has 0 spiro atoms. The van der Waals surface area contributed by atoms with Crippen LogP contribution in [0.5, 0.6) is 0 Å². The Kier molecular flexibility index (Phi) is 3.13. The molecule has 0 amide bonds. The fourth-order valence-electron chi connectivity index (χ4n) is 1.36. The molecule has 2 N–H and O–H groups in total. The van der Waals surface area contributed by atoms with Gasteiger partial charge in [0.05, 0.1) is 11.9 Å². The van der Waals surface area contributed by atoms with Gasteiger partial charge in [0.2, 0.25) is 0 Å². The number of aryl methyl sites for hydroxylation is 1. The zero-order valence-electron chi connectivity index (χ0n) is 8.68. The predicted molar refractivity (Wildman–Crippen MR) is 61.5 cm³/mol. The summed E-state index contributed by atoms with van der Waals surface area (Å²) in [4.78, 5) is 4.41. The maximum Gasteiger partial charge on any atom is 0.126 e. The summed E-state index contributed by atoms with van der Waals surface area (Å²) in [6.07, 6.45) is 4.98. The van der Waals surface area contributed by atoms with Crippen LogP contribution in [-0.4, -0.2) is 14.8 Å². The van der Waals surface area contributed by atoms with E-state index in [4.69, 9.17) is 5.73 Å². The number of aromatic nitrogens is 3. The lowest BCUT2D eigenvalue weighted by atomic mass is 10.4. The summed E-state index contributed by atoms with van der Waals surface area (Å²) >= 11 is 1.61. The summed E-state index contributed by atoms with van der Waals surface area (Å²) in [6.45, 7) is 3.59. The van der Waals surface area contributed by atoms with Crippen LogP contribution in [0.1, 0.15) is 19.0 Å². The van der Waals surface area contributed by atoms with Crippen molar-refractivity contribution in [3.05, 3.63) is 23.5 Å². The summed E-state index contributed by atoms with van der Waals surface area (Å²) in [6, 6.07) is 0. The van der Waals surface area contributed by atoms with Gasteiger partial charge in [-0.25, -0.2) is 4.98 Å². The molecule has 0 radical (unpaired) electrons. The highest BCUT2D eigenvalue weighted by Gasteiger charge is 2.05. The number of nitrogens with zero attached hydrogens (tertiary/aromatic N) is 3. The van der Waals surface area contributed by atoms with E-state index in [1.54, 1.807) is 11.3 Å². The lowest BCUT2D eigenvalue weighted by molar-refractivity contribution is 0.603. The van der Waals surface area contributed by atoms with Gasteiger partial charge in [-0.2, -0.15) is 5.10 Å². The van der Waals surface area contributed by atoms with E-state index in [2.05, 4.69) is 17.0 Å². The first-order valence-electron chi connectivity index (χ1n) is 5.00. The fraction of sp³-hybridized carbons (Fsp3) is 0.400. The van der Waals surface area contributed by atoms with E-state index in [0.717, 1.165) is 29.2 Å². The molecule has 2 aromatic rings. The zero-order valence-corrected chi connectivity index (χ0v) is 9.50. The molecule has 0 unspecified atom stereocenters. The van der Waals surface area contributed by atoms with Crippen LogP contribution >= 0.6 is 11.3 Å². The third kappa shape index (κ3) is 2.24. The summed E-state index contributed by atoms with van der Waals surface area (Å²) in [7, 11) is 0. The normalized spacial score (nSPS) is 10.8. The molecule has 15 heavy (non-hydrogen) atoms. The second kappa shape index (κ2) is 4.55. The highest BCUT2D eigenvalue weighted by Crippen LogP contribution is 2.22. The minimum Gasteiger partial charge on any atom is -0.325 e. The molecule has 2 rings (SSSR count). The second-order valence-corrected chi connectivity index (χ2v) is 4.20. The molecule has 0 fully saturated rings. The molecule has 2 aromatic heterocycles. The number of rotatable bonds is 4. The molecule has 2 heterocycles. The van der Waals surface area contributed by atoms with Gasteiger partial charge in [-0.1, -0.05) is 6.92 Å². The Balaban J connectivity index is 2.21. The third-order valence-electron chi connectivity index (χ3n) is 2.09. The Bertz CT molecular complexity index is 432. The Morgan fingerprint density at radius 2 is 2.40 bits per heavy atom. The van der Waals surface area contributed by atoms with E-state index in [1.165, 1.54) is 0 Å². The number of nitrogens with two attached hydrogens (primary N) is 1. The van der Waals surface area contributed by atoms with Gasteiger partial charge in [0.25, 0.3) is 0 Å². The van der Waals surface area contributed by atoms with Crippen LogP contribution in [-0.2, 0) is 13.1 Å². The smallest absolute Gasteiger partial charge is 0.126 e. The number of thiazole rings is 1. The van der Waals surface area contributed by atoms with Crippen LogP contribution in [0.4, 0.5) is 0 Å². The van der Waals surface area contributed by atoms with Crippen LogP contribution in [0.25, 0.3) is 10.6 Å². The van der Waals surface area contributed by atoms with Gasteiger partial charge >= 0.3 is 0 Å². The molecule has 0 atom stereocenters. The van der Waals surface area contributed by atoms with Gasteiger partial charge in [-0.15, -0.1) is 11.3 Å². The standard InChI is InChI=1S/C10H14N4S/c1-2-3-14-6-8(5-12-14)10-13-9(4-11)7-15-10/h5-7H,2-4,11H2,1H3. The Morgan fingerprint density at radius 3 is 3.07 bits per heavy atom. The molecule has 0 aliphatic rings. The van der Waals surface area contributed by atoms with Gasteiger partial charge in [0, 0.05) is 30.2 Å². The molecule has 0 bridgehead atoms. The van der Waals surface area contributed by atoms with Crippen LogP contribution in [0.15, 0.2) is 17.8 Å². The number of hydrogen-bond acceptors (Lipinski definition) is 4. The van der Waals surface area contributed by atoms with Gasteiger partial charge in [0.15, 0.2) is 0 Å². The summed E-state index contributed by atoms with van der Waals surface area (Å²) in [5.41, 5.74) is 7.54. The molecular weight excluding hydrogens is 208 g/mol. The third-order valence-corrected chi connectivity index (χ3v) is 3.03. The van der Waals surface area contributed by atoms with Gasteiger partial charge in [-0.3, -0.25) is 4.68 Å². The van der Waals surface area contributed by atoms with E-state index >= 15 is 0 Å². The Morgan fingerprint density at radius 1 is 1.53 bits per heavy atom. The lowest BCUT2D eigenvalue weighted by Gasteiger charge is -1.94. The minimum absolute atomic E-state index is 0.500. The number of hydrogen-bond donors (Lipinski definition) is 1. The highest BCUT2D eigenvalue weighted by atomic mass is 32.1. The molecule has 0 aliphatic heterocycles. The highest BCUT2D eigenvalue weighted by molar-refractivity contribution is 7.13. The van der Waals surface area contributed by atoms with Crippen molar-refractivity contribution in [3.8, 4) is 10.6 Å².